The van der Waals surface area contributed by atoms with E-state index < -0.39 is 23.3 Å². The maximum Gasteiger partial charge on any atom is 0.272 e. The number of anilines is 1. The van der Waals surface area contributed by atoms with Gasteiger partial charge in [0.2, 0.25) is 0 Å². The van der Waals surface area contributed by atoms with Crippen LogP contribution in [0.2, 0.25) is 0 Å². The Kier molecular flexibility index (Phi) is 4.70. The fourth-order valence-corrected chi connectivity index (χ4v) is 4.12. The summed E-state index contributed by atoms with van der Waals surface area (Å²) < 4.78 is 34.7. The van der Waals surface area contributed by atoms with Crippen LogP contribution in [0, 0.1) is 11.6 Å². The first kappa shape index (κ1) is 19.3. The van der Waals surface area contributed by atoms with Crippen molar-refractivity contribution in [1.82, 2.24) is 25.0 Å². The quantitative estimate of drug-likeness (QED) is 0.511. The maximum absolute atomic E-state index is 14.3. The number of aromatic nitrogens is 5. The van der Waals surface area contributed by atoms with Gasteiger partial charge in [-0.2, -0.15) is 10.2 Å². The second-order valence-corrected chi connectivity index (χ2v) is 7.30. The van der Waals surface area contributed by atoms with E-state index in [0.717, 1.165) is 5.56 Å². The average molecular weight is 424 g/mol. The third-order valence-corrected chi connectivity index (χ3v) is 5.48. The molecule has 0 amide bonds. The van der Waals surface area contributed by atoms with Crippen molar-refractivity contribution in [3.63, 3.8) is 0 Å². The van der Waals surface area contributed by atoms with Gasteiger partial charge in [0.25, 0.3) is 5.56 Å². The second kappa shape index (κ2) is 7.55. The molecule has 4 aromatic rings. The molecule has 0 spiro atoms. The lowest BCUT2D eigenvalue weighted by Gasteiger charge is -2.34. The third kappa shape index (κ3) is 3.25. The highest BCUT2D eigenvalue weighted by molar-refractivity contribution is 5.97. The van der Waals surface area contributed by atoms with Crippen LogP contribution in [0.25, 0.3) is 10.8 Å². The maximum atomic E-state index is 14.3. The molecule has 8 nitrogen and oxygen atoms in total. The minimum absolute atomic E-state index is 0.193. The molecule has 0 saturated heterocycles. The summed E-state index contributed by atoms with van der Waals surface area (Å²) in [6, 6.07) is 8.10. The standard InChI is InChI=1S/C21H18F2N6O2/c1-31-7-6-29-20(24-10-25-29)17-18(11-2-4-12(22)5-3-11)26-15-9-13(23)8-14-16(15)19(17)27-28-21(14)30/h2-5,8-10,17-18,26H,6-7H2,1H3,(H,28,30)/t17-,18-/m1/s1. The fourth-order valence-electron chi connectivity index (χ4n) is 4.12. The molecule has 0 radical (unpaired) electrons. The first-order valence-corrected chi connectivity index (χ1v) is 9.67. The highest BCUT2D eigenvalue weighted by Crippen LogP contribution is 2.45. The molecular formula is C21H18F2N6O2. The number of rotatable bonds is 5. The van der Waals surface area contributed by atoms with Crippen molar-refractivity contribution < 1.29 is 13.5 Å². The monoisotopic (exact) mass is 424 g/mol. The Labute approximate surface area is 174 Å². The predicted molar refractivity (Wildman–Crippen MR) is 109 cm³/mol. The van der Waals surface area contributed by atoms with Crippen molar-refractivity contribution in [2.24, 2.45) is 0 Å². The van der Waals surface area contributed by atoms with E-state index in [0.29, 0.717) is 35.7 Å². The fraction of sp³-hybridized carbons (Fsp3) is 0.238. The Hall–Kier alpha value is -3.66. The zero-order chi connectivity index (χ0) is 21.5. The van der Waals surface area contributed by atoms with Crippen LogP contribution >= 0.6 is 0 Å². The third-order valence-electron chi connectivity index (χ3n) is 5.48. The molecule has 3 heterocycles. The smallest absolute Gasteiger partial charge is 0.272 e. The molecule has 2 N–H and O–H groups in total. The highest BCUT2D eigenvalue weighted by atomic mass is 19.1. The van der Waals surface area contributed by atoms with E-state index in [1.54, 1.807) is 23.9 Å². The molecule has 158 valence electrons. The van der Waals surface area contributed by atoms with Gasteiger partial charge in [-0.1, -0.05) is 12.1 Å². The molecule has 0 saturated carbocycles. The van der Waals surface area contributed by atoms with E-state index in [1.165, 1.54) is 30.6 Å². The number of nitrogens with zero attached hydrogens (tertiary/aromatic N) is 4. The van der Waals surface area contributed by atoms with E-state index >= 15 is 0 Å². The zero-order valence-corrected chi connectivity index (χ0v) is 16.5. The summed E-state index contributed by atoms with van der Waals surface area (Å²) in [7, 11) is 1.60. The van der Waals surface area contributed by atoms with Gasteiger partial charge in [-0.3, -0.25) is 4.79 Å². The molecule has 2 atom stereocenters. The topological polar surface area (TPSA) is 97.7 Å². The molecule has 0 aliphatic carbocycles. The number of benzene rings is 2. The van der Waals surface area contributed by atoms with Gasteiger partial charge in [0.05, 0.1) is 36.2 Å². The van der Waals surface area contributed by atoms with E-state index in [2.05, 4.69) is 25.6 Å². The summed E-state index contributed by atoms with van der Waals surface area (Å²) >= 11 is 0. The molecule has 1 aliphatic rings. The summed E-state index contributed by atoms with van der Waals surface area (Å²) in [6.45, 7) is 0.884. The number of ether oxygens (including phenoxy) is 1. The van der Waals surface area contributed by atoms with Crippen molar-refractivity contribution in [2.45, 2.75) is 18.5 Å². The Morgan fingerprint density at radius 3 is 2.74 bits per heavy atom. The van der Waals surface area contributed by atoms with Crippen LogP contribution in [-0.2, 0) is 11.3 Å². The number of hydrogen-bond acceptors (Lipinski definition) is 6. The molecule has 31 heavy (non-hydrogen) atoms. The van der Waals surface area contributed by atoms with Gasteiger partial charge in [0.1, 0.15) is 23.8 Å². The van der Waals surface area contributed by atoms with E-state index in [-0.39, 0.29) is 11.2 Å². The number of aromatic amines is 1. The number of methoxy groups -OCH3 is 1. The van der Waals surface area contributed by atoms with E-state index in [1.807, 2.05) is 0 Å². The molecular weight excluding hydrogens is 406 g/mol. The predicted octanol–water partition coefficient (Wildman–Crippen LogP) is 2.74. The van der Waals surface area contributed by atoms with Crippen molar-refractivity contribution in [2.75, 3.05) is 19.0 Å². The normalized spacial score (nSPS) is 17.6. The lowest BCUT2D eigenvalue weighted by Crippen LogP contribution is -2.30. The molecule has 1 aliphatic heterocycles. The Balaban J connectivity index is 1.76. The van der Waals surface area contributed by atoms with E-state index in [4.69, 9.17) is 4.74 Å². The molecule has 2 aromatic carbocycles. The molecule has 0 unspecified atom stereocenters. The van der Waals surface area contributed by atoms with Crippen LogP contribution in [0.1, 0.15) is 29.0 Å². The van der Waals surface area contributed by atoms with Crippen LogP contribution in [0.4, 0.5) is 14.5 Å². The number of hydrogen-bond donors (Lipinski definition) is 2. The lowest BCUT2D eigenvalue weighted by molar-refractivity contribution is 0.181. The van der Waals surface area contributed by atoms with Crippen LogP contribution in [0.15, 0.2) is 47.5 Å². The van der Waals surface area contributed by atoms with Crippen molar-refractivity contribution in [3.05, 3.63) is 81.8 Å². The highest BCUT2D eigenvalue weighted by Gasteiger charge is 2.38. The number of H-pyrrole nitrogens is 1. The summed E-state index contributed by atoms with van der Waals surface area (Å²) in [4.78, 5) is 16.8. The van der Waals surface area contributed by atoms with Gasteiger partial charge in [-0.15, -0.1) is 0 Å². The Bertz CT molecular complexity index is 1320. The lowest BCUT2D eigenvalue weighted by atomic mass is 9.83. The summed E-state index contributed by atoms with van der Waals surface area (Å²) in [5, 5.41) is 15.1. The van der Waals surface area contributed by atoms with Crippen LogP contribution in [0.5, 0.6) is 0 Å². The number of halogens is 2. The average Bonchev–Trinajstić information content (AvgIpc) is 3.22. The molecule has 0 fully saturated rings. The van der Waals surface area contributed by atoms with Gasteiger partial charge >= 0.3 is 0 Å². The zero-order valence-electron chi connectivity index (χ0n) is 16.5. The Morgan fingerprint density at radius 1 is 1.16 bits per heavy atom. The summed E-state index contributed by atoms with van der Waals surface area (Å²) in [5.74, 6) is -0.801. The van der Waals surface area contributed by atoms with Gasteiger partial charge in [-0.25, -0.2) is 23.5 Å². The minimum atomic E-state index is -0.544. The van der Waals surface area contributed by atoms with Crippen LogP contribution in [-0.4, -0.2) is 38.7 Å². The van der Waals surface area contributed by atoms with Gasteiger partial charge in [-0.05, 0) is 29.8 Å². The summed E-state index contributed by atoms with van der Waals surface area (Å²) in [6.07, 6.45) is 1.44. The SMILES string of the molecule is COCCn1ncnc1[C@H]1c2n[nH]c(=O)c3cc(F)cc(c23)N[C@@H]1c1ccc(F)cc1. The van der Waals surface area contributed by atoms with Crippen molar-refractivity contribution in [1.29, 1.82) is 0 Å². The first-order valence-electron chi connectivity index (χ1n) is 9.67. The summed E-state index contributed by atoms with van der Waals surface area (Å²) in [5.41, 5.74) is 1.24. The molecule has 5 rings (SSSR count). The first-order chi connectivity index (χ1) is 15.1. The molecule has 0 bridgehead atoms. The number of nitrogens with one attached hydrogen (secondary N) is 2. The van der Waals surface area contributed by atoms with Crippen LogP contribution < -0.4 is 10.9 Å². The largest absolute Gasteiger partial charge is 0.383 e. The van der Waals surface area contributed by atoms with Gasteiger partial charge in [0.15, 0.2) is 0 Å². The van der Waals surface area contributed by atoms with Crippen LogP contribution in [0.3, 0.4) is 0 Å². The van der Waals surface area contributed by atoms with Crippen molar-refractivity contribution >= 4 is 16.5 Å². The molecule has 2 aromatic heterocycles. The minimum Gasteiger partial charge on any atom is -0.383 e. The molecule has 10 heteroatoms. The van der Waals surface area contributed by atoms with Gasteiger partial charge in [0, 0.05) is 18.2 Å². The Morgan fingerprint density at radius 2 is 1.97 bits per heavy atom. The second-order valence-electron chi connectivity index (χ2n) is 7.30. The van der Waals surface area contributed by atoms with Crippen molar-refractivity contribution in [3.8, 4) is 0 Å². The van der Waals surface area contributed by atoms with Gasteiger partial charge < -0.3 is 10.1 Å². The van der Waals surface area contributed by atoms with E-state index in [9.17, 15) is 13.6 Å².